The lowest BCUT2D eigenvalue weighted by atomic mass is 10.1. The van der Waals surface area contributed by atoms with Gasteiger partial charge in [-0.15, -0.1) is 0 Å². The number of hydrogen-bond donors (Lipinski definition) is 1. The van der Waals surface area contributed by atoms with E-state index in [1.807, 2.05) is 39.8 Å². The molecule has 1 aromatic carbocycles. The number of amides is 1. The lowest BCUT2D eigenvalue weighted by Gasteiger charge is -2.24. The van der Waals surface area contributed by atoms with Crippen molar-refractivity contribution in [3.63, 3.8) is 0 Å². The molecule has 6 heteroatoms. The van der Waals surface area contributed by atoms with Crippen LogP contribution in [0.5, 0.6) is 0 Å². The van der Waals surface area contributed by atoms with E-state index < -0.39 is 10.0 Å². The normalized spacial score (nSPS) is 12.8. The quantitative estimate of drug-likeness (QED) is 0.836. The molecule has 0 aliphatic carbocycles. The maximum atomic E-state index is 12.1. The summed E-state index contributed by atoms with van der Waals surface area (Å²) >= 11 is 0. The number of nitrogens with zero attached hydrogens (tertiary/aromatic N) is 1. The van der Waals surface area contributed by atoms with Gasteiger partial charge in [-0.05, 0) is 38.8 Å². The summed E-state index contributed by atoms with van der Waals surface area (Å²) in [6.07, 6.45) is 2.15. The van der Waals surface area contributed by atoms with Gasteiger partial charge in [0.15, 0.2) is 0 Å². The van der Waals surface area contributed by atoms with Gasteiger partial charge in [0.25, 0.3) is 0 Å². The van der Waals surface area contributed by atoms with E-state index >= 15 is 0 Å². The van der Waals surface area contributed by atoms with Gasteiger partial charge in [-0.25, -0.2) is 8.42 Å². The van der Waals surface area contributed by atoms with Crippen LogP contribution in [0.25, 0.3) is 0 Å². The maximum Gasteiger partial charge on any atom is 0.232 e. The van der Waals surface area contributed by atoms with Crippen LogP contribution in [-0.4, -0.2) is 33.2 Å². The Hall–Kier alpha value is -1.56. The molecule has 22 heavy (non-hydrogen) atoms. The third-order valence-electron chi connectivity index (χ3n) is 3.58. The molecular formula is C16H26N2O3S. The molecule has 1 atom stereocenters. The second-order valence-electron chi connectivity index (χ2n) is 5.75. The fraction of sp³-hybridized carbons (Fsp3) is 0.562. The first-order valence-corrected chi connectivity index (χ1v) is 9.34. The van der Waals surface area contributed by atoms with Crippen LogP contribution in [0, 0.1) is 13.8 Å². The zero-order valence-electron chi connectivity index (χ0n) is 14.0. The third-order valence-corrected chi connectivity index (χ3v) is 4.76. The van der Waals surface area contributed by atoms with Crippen molar-refractivity contribution in [2.24, 2.45) is 0 Å². The van der Waals surface area contributed by atoms with Crippen LogP contribution in [0.1, 0.15) is 37.8 Å². The van der Waals surface area contributed by atoms with Gasteiger partial charge in [-0.2, -0.15) is 0 Å². The largest absolute Gasteiger partial charge is 0.354 e. The molecule has 0 heterocycles. The van der Waals surface area contributed by atoms with Gasteiger partial charge in [-0.1, -0.05) is 24.6 Å². The van der Waals surface area contributed by atoms with Gasteiger partial charge < -0.3 is 5.32 Å². The summed E-state index contributed by atoms with van der Waals surface area (Å²) in [6, 6.07) is 5.70. The van der Waals surface area contributed by atoms with Crippen molar-refractivity contribution in [1.29, 1.82) is 0 Å². The highest BCUT2D eigenvalue weighted by Gasteiger charge is 2.20. The van der Waals surface area contributed by atoms with Gasteiger partial charge in [-0.3, -0.25) is 9.10 Å². The first-order chi connectivity index (χ1) is 10.1. The number of carbonyl (C=O) groups is 1. The number of sulfonamides is 1. The second-order valence-corrected chi connectivity index (χ2v) is 7.66. The highest BCUT2D eigenvalue weighted by Crippen LogP contribution is 2.23. The van der Waals surface area contributed by atoms with E-state index in [4.69, 9.17) is 0 Å². The Labute approximate surface area is 133 Å². The van der Waals surface area contributed by atoms with E-state index in [0.717, 1.165) is 17.5 Å². The maximum absolute atomic E-state index is 12.1. The number of carbonyl (C=O) groups excluding carboxylic acids is 1. The molecule has 1 aromatic rings. The Morgan fingerprint density at radius 1 is 1.32 bits per heavy atom. The SMILES string of the molecule is CCC(C)NC(=O)CCN(c1ccc(C)cc1C)S(C)(=O)=O. The number of hydrogen-bond acceptors (Lipinski definition) is 3. The van der Waals surface area contributed by atoms with Crippen molar-refractivity contribution in [2.45, 2.75) is 46.6 Å². The number of aryl methyl sites for hydroxylation is 2. The van der Waals surface area contributed by atoms with Crippen LogP contribution >= 0.6 is 0 Å². The summed E-state index contributed by atoms with van der Waals surface area (Å²) in [5.41, 5.74) is 2.58. The highest BCUT2D eigenvalue weighted by molar-refractivity contribution is 7.92. The van der Waals surface area contributed by atoms with Crippen LogP contribution in [-0.2, 0) is 14.8 Å². The monoisotopic (exact) mass is 326 g/mol. The molecular weight excluding hydrogens is 300 g/mol. The summed E-state index contributed by atoms with van der Waals surface area (Å²) in [6.45, 7) is 7.89. The lowest BCUT2D eigenvalue weighted by molar-refractivity contribution is -0.121. The number of benzene rings is 1. The predicted molar refractivity (Wildman–Crippen MR) is 90.6 cm³/mol. The fourth-order valence-corrected chi connectivity index (χ4v) is 3.19. The minimum absolute atomic E-state index is 0.0975. The van der Waals surface area contributed by atoms with E-state index in [1.54, 1.807) is 6.07 Å². The molecule has 0 aliphatic heterocycles. The first-order valence-electron chi connectivity index (χ1n) is 7.49. The van der Waals surface area contributed by atoms with Crippen molar-refractivity contribution < 1.29 is 13.2 Å². The molecule has 124 valence electrons. The molecule has 0 spiro atoms. The van der Waals surface area contributed by atoms with Crippen molar-refractivity contribution in [2.75, 3.05) is 17.1 Å². The zero-order chi connectivity index (χ0) is 16.9. The minimum Gasteiger partial charge on any atom is -0.354 e. The Morgan fingerprint density at radius 2 is 1.95 bits per heavy atom. The predicted octanol–water partition coefficient (Wildman–Crippen LogP) is 2.37. The van der Waals surface area contributed by atoms with Gasteiger partial charge in [0.2, 0.25) is 15.9 Å². The van der Waals surface area contributed by atoms with E-state index in [9.17, 15) is 13.2 Å². The number of anilines is 1. The van der Waals surface area contributed by atoms with E-state index in [1.165, 1.54) is 10.6 Å². The number of rotatable bonds is 7. The number of nitrogens with one attached hydrogen (secondary N) is 1. The van der Waals surface area contributed by atoms with Crippen LogP contribution in [0.2, 0.25) is 0 Å². The summed E-state index contributed by atoms with van der Waals surface area (Å²) in [4.78, 5) is 11.9. The molecule has 1 N–H and O–H groups in total. The van der Waals surface area contributed by atoms with Crippen LogP contribution in [0.15, 0.2) is 18.2 Å². The van der Waals surface area contributed by atoms with Gasteiger partial charge in [0, 0.05) is 19.0 Å². The fourth-order valence-electron chi connectivity index (χ4n) is 2.20. The summed E-state index contributed by atoms with van der Waals surface area (Å²) in [5, 5.41) is 2.85. The van der Waals surface area contributed by atoms with E-state index in [-0.39, 0.29) is 24.9 Å². The molecule has 5 nitrogen and oxygen atoms in total. The third kappa shape index (κ3) is 5.33. The van der Waals surface area contributed by atoms with Crippen molar-refractivity contribution in [1.82, 2.24) is 5.32 Å². The zero-order valence-corrected chi connectivity index (χ0v) is 14.8. The van der Waals surface area contributed by atoms with Gasteiger partial charge in [0.1, 0.15) is 0 Å². The Bertz CT molecular complexity index is 626. The van der Waals surface area contributed by atoms with Crippen molar-refractivity contribution in [3.8, 4) is 0 Å². The van der Waals surface area contributed by atoms with Gasteiger partial charge >= 0.3 is 0 Å². The van der Waals surface area contributed by atoms with Crippen LogP contribution in [0.4, 0.5) is 5.69 Å². The van der Waals surface area contributed by atoms with Gasteiger partial charge in [0.05, 0.1) is 11.9 Å². The molecule has 1 amide bonds. The molecule has 0 radical (unpaired) electrons. The lowest BCUT2D eigenvalue weighted by Crippen LogP contribution is -2.37. The highest BCUT2D eigenvalue weighted by atomic mass is 32.2. The first kappa shape index (κ1) is 18.5. The van der Waals surface area contributed by atoms with Crippen molar-refractivity contribution >= 4 is 21.6 Å². The molecule has 0 fully saturated rings. The summed E-state index contributed by atoms with van der Waals surface area (Å²) in [5.74, 6) is -0.132. The minimum atomic E-state index is -3.43. The van der Waals surface area contributed by atoms with Crippen LogP contribution in [0.3, 0.4) is 0 Å². The average Bonchev–Trinajstić information content (AvgIpc) is 2.39. The summed E-state index contributed by atoms with van der Waals surface area (Å²) < 4.78 is 25.4. The standard InChI is InChI=1S/C16H26N2O3S/c1-6-14(4)17-16(19)9-10-18(22(5,20)21)15-8-7-12(2)11-13(15)3/h7-8,11,14H,6,9-10H2,1-5H3,(H,17,19). The Balaban J connectivity index is 2.90. The molecule has 1 unspecified atom stereocenters. The molecule has 0 saturated heterocycles. The van der Waals surface area contributed by atoms with E-state index in [0.29, 0.717) is 5.69 Å². The Morgan fingerprint density at radius 3 is 2.45 bits per heavy atom. The van der Waals surface area contributed by atoms with Crippen molar-refractivity contribution in [3.05, 3.63) is 29.3 Å². The topological polar surface area (TPSA) is 66.5 Å². The van der Waals surface area contributed by atoms with E-state index in [2.05, 4.69) is 5.32 Å². The summed E-state index contributed by atoms with van der Waals surface area (Å²) in [7, 11) is -3.43. The second kappa shape index (κ2) is 7.63. The average molecular weight is 326 g/mol. The van der Waals surface area contributed by atoms with Crippen LogP contribution < -0.4 is 9.62 Å². The molecule has 0 aromatic heterocycles. The molecule has 1 rings (SSSR count). The molecule has 0 bridgehead atoms. The molecule has 0 aliphatic rings. The smallest absolute Gasteiger partial charge is 0.232 e. The Kier molecular flexibility index (Phi) is 6.41. The molecule has 0 saturated carbocycles.